The molecule has 2 aromatic rings. The molecule has 0 aliphatic heterocycles. The summed E-state index contributed by atoms with van der Waals surface area (Å²) in [5.41, 5.74) is 1.30. The Hall–Kier alpha value is -2.29. The first-order valence-electron chi connectivity index (χ1n) is 7.83. The molecule has 0 aliphatic carbocycles. The molecule has 0 aliphatic rings. The maximum Gasteiger partial charge on any atom is 0.261 e. The minimum atomic E-state index is -0.431. The van der Waals surface area contributed by atoms with Gasteiger partial charge in [0.15, 0.2) is 6.10 Å². The number of para-hydroxylation sites is 1. The summed E-state index contributed by atoms with van der Waals surface area (Å²) in [7, 11) is 0. The molecule has 3 heteroatoms. The number of carbonyl (C=O) groups excluding carboxylic acids is 1. The lowest BCUT2D eigenvalue weighted by Crippen LogP contribution is -2.38. The molecular formula is C19H23NO2. The Morgan fingerprint density at radius 2 is 1.68 bits per heavy atom. The van der Waals surface area contributed by atoms with Crippen LogP contribution in [0.15, 0.2) is 60.7 Å². The minimum Gasteiger partial charge on any atom is -0.481 e. The summed E-state index contributed by atoms with van der Waals surface area (Å²) in [5, 5.41) is 2.96. The molecule has 1 amide bonds. The number of carbonyl (C=O) groups is 1. The van der Waals surface area contributed by atoms with Gasteiger partial charge in [0.05, 0.1) is 0 Å². The first kappa shape index (κ1) is 16.1. The van der Waals surface area contributed by atoms with Crippen LogP contribution < -0.4 is 10.1 Å². The maximum absolute atomic E-state index is 12.2. The van der Waals surface area contributed by atoms with Gasteiger partial charge in [0.1, 0.15) is 5.75 Å². The van der Waals surface area contributed by atoms with Gasteiger partial charge in [-0.1, -0.05) is 55.5 Å². The van der Waals surface area contributed by atoms with Crippen LogP contribution >= 0.6 is 0 Å². The van der Waals surface area contributed by atoms with Gasteiger partial charge in [-0.2, -0.15) is 0 Å². The number of aryl methyl sites for hydroxylation is 1. The van der Waals surface area contributed by atoms with Crippen LogP contribution in [-0.4, -0.2) is 18.6 Å². The molecule has 22 heavy (non-hydrogen) atoms. The second-order valence-corrected chi connectivity index (χ2v) is 5.21. The van der Waals surface area contributed by atoms with Gasteiger partial charge in [0.25, 0.3) is 5.91 Å². The van der Waals surface area contributed by atoms with Gasteiger partial charge in [0.2, 0.25) is 0 Å². The average molecular weight is 297 g/mol. The van der Waals surface area contributed by atoms with Crippen LogP contribution in [0.3, 0.4) is 0 Å². The Kier molecular flexibility index (Phi) is 6.49. The summed E-state index contributed by atoms with van der Waals surface area (Å²) < 4.78 is 5.73. The Morgan fingerprint density at radius 1 is 1.05 bits per heavy atom. The van der Waals surface area contributed by atoms with Gasteiger partial charge in [-0.15, -0.1) is 0 Å². The lowest BCUT2D eigenvalue weighted by Gasteiger charge is -2.17. The van der Waals surface area contributed by atoms with Crippen LogP contribution in [0.5, 0.6) is 5.75 Å². The fourth-order valence-electron chi connectivity index (χ4n) is 2.25. The molecule has 1 unspecified atom stereocenters. The summed E-state index contributed by atoms with van der Waals surface area (Å²) in [6.07, 6.45) is 2.12. The zero-order valence-corrected chi connectivity index (χ0v) is 13.0. The number of amides is 1. The van der Waals surface area contributed by atoms with Gasteiger partial charge in [-0.25, -0.2) is 0 Å². The van der Waals surface area contributed by atoms with E-state index in [-0.39, 0.29) is 5.91 Å². The van der Waals surface area contributed by atoms with Crippen LogP contribution in [0.4, 0.5) is 0 Å². The smallest absolute Gasteiger partial charge is 0.261 e. The molecule has 0 saturated heterocycles. The van der Waals surface area contributed by atoms with Crippen LogP contribution in [0.1, 0.15) is 25.3 Å². The molecule has 1 atom stereocenters. The SMILES string of the molecule is CCC(Oc1ccccc1)C(=O)NCCCc1ccccc1. The summed E-state index contributed by atoms with van der Waals surface area (Å²) in [5.74, 6) is 0.688. The maximum atomic E-state index is 12.2. The molecule has 116 valence electrons. The topological polar surface area (TPSA) is 38.3 Å². The second kappa shape index (κ2) is 8.88. The van der Waals surface area contributed by atoms with E-state index >= 15 is 0 Å². The Balaban J connectivity index is 1.73. The van der Waals surface area contributed by atoms with Crippen molar-refractivity contribution in [1.29, 1.82) is 0 Å². The first-order valence-corrected chi connectivity index (χ1v) is 7.83. The van der Waals surface area contributed by atoms with E-state index in [1.54, 1.807) is 0 Å². The molecule has 0 aromatic heterocycles. The van der Waals surface area contributed by atoms with Crippen molar-refractivity contribution in [3.05, 3.63) is 66.2 Å². The minimum absolute atomic E-state index is 0.0422. The Morgan fingerprint density at radius 3 is 2.32 bits per heavy atom. The largest absolute Gasteiger partial charge is 0.481 e. The monoisotopic (exact) mass is 297 g/mol. The molecule has 0 radical (unpaired) electrons. The highest BCUT2D eigenvalue weighted by molar-refractivity contribution is 5.81. The van der Waals surface area contributed by atoms with E-state index in [9.17, 15) is 4.79 Å². The van der Waals surface area contributed by atoms with Crippen molar-refractivity contribution < 1.29 is 9.53 Å². The number of ether oxygens (including phenoxy) is 1. The van der Waals surface area contributed by atoms with Crippen LogP contribution in [0.2, 0.25) is 0 Å². The van der Waals surface area contributed by atoms with Crippen molar-refractivity contribution in [3.63, 3.8) is 0 Å². The number of rotatable bonds is 8. The Labute approximate surface area is 132 Å². The third kappa shape index (κ3) is 5.24. The molecule has 0 spiro atoms. The zero-order valence-electron chi connectivity index (χ0n) is 13.0. The lowest BCUT2D eigenvalue weighted by molar-refractivity contribution is -0.128. The van der Waals surface area contributed by atoms with E-state index in [1.807, 2.05) is 55.5 Å². The molecular weight excluding hydrogens is 274 g/mol. The van der Waals surface area contributed by atoms with Gasteiger partial charge < -0.3 is 10.1 Å². The second-order valence-electron chi connectivity index (χ2n) is 5.21. The lowest BCUT2D eigenvalue weighted by atomic mass is 10.1. The van der Waals surface area contributed by atoms with Crippen LogP contribution in [-0.2, 0) is 11.2 Å². The number of benzene rings is 2. The molecule has 2 aromatic carbocycles. The number of hydrogen-bond donors (Lipinski definition) is 1. The summed E-state index contributed by atoms with van der Waals surface area (Å²) in [6.45, 7) is 2.62. The van der Waals surface area contributed by atoms with Gasteiger partial charge in [0, 0.05) is 6.54 Å². The van der Waals surface area contributed by atoms with Crippen molar-refractivity contribution in [2.24, 2.45) is 0 Å². The van der Waals surface area contributed by atoms with Crippen LogP contribution in [0.25, 0.3) is 0 Å². The van der Waals surface area contributed by atoms with Crippen molar-refractivity contribution >= 4 is 5.91 Å². The number of nitrogens with one attached hydrogen (secondary N) is 1. The highest BCUT2D eigenvalue weighted by atomic mass is 16.5. The van der Waals surface area contributed by atoms with Gasteiger partial charge in [-0.05, 0) is 37.0 Å². The van der Waals surface area contributed by atoms with E-state index < -0.39 is 6.10 Å². The third-order valence-electron chi connectivity index (χ3n) is 3.47. The average Bonchev–Trinajstić information content (AvgIpc) is 2.58. The van der Waals surface area contributed by atoms with Gasteiger partial charge >= 0.3 is 0 Å². The predicted molar refractivity (Wildman–Crippen MR) is 88.9 cm³/mol. The summed E-state index contributed by atoms with van der Waals surface area (Å²) >= 11 is 0. The van der Waals surface area contributed by atoms with E-state index in [1.165, 1.54) is 5.56 Å². The molecule has 3 nitrogen and oxygen atoms in total. The summed E-state index contributed by atoms with van der Waals surface area (Å²) in [6, 6.07) is 19.8. The van der Waals surface area contributed by atoms with E-state index in [4.69, 9.17) is 4.74 Å². The van der Waals surface area contributed by atoms with E-state index in [0.717, 1.165) is 18.6 Å². The molecule has 0 bridgehead atoms. The van der Waals surface area contributed by atoms with Crippen molar-refractivity contribution in [3.8, 4) is 5.75 Å². The highest BCUT2D eigenvalue weighted by Crippen LogP contribution is 2.12. The zero-order chi connectivity index (χ0) is 15.6. The Bertz CT molecular complexity index is 554. The fourth-order valence-corrected chi connectivity index (χ4v) is 2.25. The van der Waals surface area contributed by atoms with Crippen LogP contribution in [0, 0.1) is 0 Å². The predicted octanol–water partition coefficient (Wildman–Crippen LogP) is 3.59. The third-order valence-corrected chi connectivity index (χ3v) is 3.47. The quantitative estimate of drug-likeness (QED) is 0.756. The molecule has 0 saturated carbocycles. The van der Waals surface area contributed by atoms with Crippen molar-refractivity contribution in [2.75, 3.05) is 6.54 Å². The molecule has 0 fully saturated rings. The molecule has 1 N–H and O–H groups in total. The first-order chi connectivity index (χ1) is 10.8. The normalized spacial score (nSPS) is 11.7. The molecule has 2 rings (SSSR count). The van der Waals surface area contributed by atoms with E-state index in [2.05, 4.69) is 17.4 Å². The fraction of sp³-hybridized carbons (Fsp3) is 0.316. The van der Waals surface area contributed by atoms with Crippen molar-refractivity contribution in [2.45, 2.75) is 32.3 Å². The number of hydrogen-bond acceptors (Lipinski definition) is 2. The van der Waals surface area contributed by atoms with E-state index in [0.29, 0.717) is 13.0 Å². The standard InChI is InChI=1S/C19H23NO2/c1-2-18(22-17-13-7-4-8-14-17)19(21)20-15-9-12-16-10-5-3-6-11-16/h3-8,10-11,13-14,18H,2,9,12,15H2,1H3,(H,20,21). The molecule has 0 heterocycles. The summed E-state index contributed by atoms with van der Waals surface area (Å²) in [4.78, 5) is 12.2. The van der Waals surface area contributed by atoms with Gasteiger partial charge in [-0.3, -0.25) is 4.79 Å². The highest BCUT2D eigenvalue weighted by Gasteiger charge is 2.17. The van der Waals surface area contributed by atoms with Crippen molar-refractivity contribution in [1.82, 2.24) is 5.32 Å².